The van der Waals surface area contributed by atoms with Crippen LogP contribution in [-0.2, 0) is 0 Å². The van der Waals surface area contributed by atoms with Crippen LogP contribution in [0.15, 0.2) is 0 Å². The van der Waals surface area contributed by atoms with Gasteiger partial charge in [-0.3, -0.25) is 4.90 Å². The second-order valence-electron chi connectivity index (χ2n) is 6.17. The molecule has 2 nitrogen and oxygen atoms in total. The van der Waals surface area contributed by atoms with Crippen molar-refractivity contribution in [3.8, 4) is 0 Å². The van der Waals surface area contributed by atoms with E-state index in [1.165, 1.54) is 45.2 Å². The molecule has 1 heterocycles. The summed E-state index contributed by atoms with van der Waals surface area (Å²) in [5.74, 6) is 0.815. The van der Waals surface area contributed by atoms with Crippen LogP contribution in [0.4, 0.5) is 0 Å². The number of rotatable bonds is 6. The van der Waals surface area contributed by atoms with Gasteiger partial charge in [0.05, 0.1) is 0 Å². The summed E-state index contributed by atoms with van der Waals surface area (Å²) in [5, 5.41) is 3.61. The van der Waals surface area contributed by atoms with Crippen LogP contribution in [0.2, 0.25) is 0 Å². The maximum Gasteiger partial charge on any atom is 0.0195 e. The van der Waals surface area contributed by atoms with Gasteiger partial charge in [-0.15, -0.1) is 0 Å². The Hall–Kier alpha value is -0.0800. The molecule has 2 unspecified atom stereocenters. The smallest absolute Gasteiger partial charge is 0.0195 e. The lowest BCUT2D eigenvalue weighted by molar-refractivity contribution is 0.154. The van der Waals surface area contributed by atoms with Crippen LogP contribution < -0.4 is 5.32 Å². The van der Waals surface area contributed by atoms with E-state index in [1.807, 2.05) is 0 Å². The van der Waals surface area contributed by atoms with Gasteiger partial charge in [-0.25, -0.2) is 0 Å². The SMILES string of the molecule is CC(C)CCNCC(C)N1CCCCCC1C. The van der Waals surface area contributed by atoms with E-state index in [4.69, 9.17) is 0 Å². The molecule has 1 saturated heterocycles. The van der Waals surface area contributed by atoms with Gasteiger partial charge in [-0.05, 0) is 52.1 Å². The van der Waals surface area contributed by atoms with Crippen molar-refractivity contribution < 1.29 is 0 Å². The van der Waals surface area contributed by atoms with Crippen molar-refractivity contribution >= 4 is 0 Å². The van der Waals surface area contributed by atoms with Crippen LogP contribution in [-0.4, -0.2) is 36.6 Å². The molecule has 2 heteroatoms. The first-order chi connectivity index (χ1) is 8.11. The van der Waals surface area contributed by atoms with E-state index >= 15 is 0 Å². The lowest BCUT2D eigenvalue weighted by Gasteiger charge is -2.33. The Bertz CT molecular complexity index is 191. The molecular weight excluding hydrogens is 208 g/mol. The minimum atomic E-state index is 0.690. The van der Waals surface area contributed by atoms with Crippen molar-refractivity contribution in [2.45, 2.75) is 71.9 Å². The van der Waals surface area contributed by atoms with E-state index in [-0.39, 0.29) is 0 Å². The van der Waals surface area contributed by atoms with Gasteiger partial charge in [0.25, 0.3) is 0 Å². The fourth-order valence-electron chi connectivity index (χ4n) is 2.77. The molecule has 1 N–H and O–H groups in total. The van der Waals surface area contributed by atoms with Crippen LogP contribution in [0.5, 0.6) is 0 Å². The second kappa shape index (κ2) is 8.10. The van der Waals surface area contributed by atoms with Crippen molar-refractivity contribution in [2.75, 3.05) is 19.6 Å². The van der Waals surface area contributed by atoms with E-state index in [0.29, 0.717) is 6.04 Å². The molecule has 0 aromatic heterocycles. The summed E-state index contributed by atoms with van der Waals surface area (Å²) < 4.78 is 0. The first-order valence-corrected chi connectivity index (χ1v) is 7.57. The van der Waals surface area contributed by atoms with Gasteiger partial charge in [-0.1, -0.05) is 26.7 Å². The summed E-state index contributed by atoms with van der Waals surface area (Å²) in [5.41, 5.74) is 0. The van der Waals surface area contributed by atoms with Crippen LogP contribution in [0.3, 0.4) is 0 Å². The zero-order chi connectivity index (χ0) is 12.7. The van der Waals surface area contributed by atoms with E-state index in [9.17, 15) is 0 Å². The first kappa shape index (κ1) is 15.0. The summed E-state index contributed by atoms with van der Waals surface area (Å²) in [6.07, 6.45) is 6.92. The fraction of sp³-hybridized carbons (Fsp3) is 1.00. The molecule has 0 bridgehead atoms. The van der Waals surface area contributed by atoms with Crippen LogP contribution in [0.1, 0.15) is 59.8 Å². The van der Waals surface area contributed by atoms with E-state index in [2.05, 4.69) is 37.9 Å². The molecule has 17 heavy (non-hydrogen) atoms. The highest BCUT2D eigenvalue weighted by Crippen LogP contribution is 2.18. The Morgan fingerprint density at radius 2 is 1.94 bits per heavy atom. The zero-order valence-corrected chi connectivity index (χ0v) is 12.3. The number of hydrogen-bond acceptors (Lipinski definition) is 2. The standard InChI is InChI=1S/C15H32N2/c1-13(2)9-10-16-12-15(4)17-11-7-5-6-8-14(17)3/h13-16H,5-12H2,1-4H3. The van der Waals surface area contributed by atoms with Gasteiger partial charge < -0.3 is 5.32 Å². The number of nitrogens with zero attached hydrogens (tertiary/aromatic N) is 1. The molecule has 102 valence electrons. The predicted octanol–water partition coefficient (Wildman–Crippen LogP) is 3.28. The minimum absolute atomic E-state index is 0.690. The van der Waals surface area contributed by atoms with Gasteiger partial charge in [-0.2, -0.15) is 0 Å². The molecule has 1 rings (SSSR count). The van der Waals surface area contributed by atoms with Gasteiger partial charge in [0.1, 0.15) is 0 Å². The zero-order valence-electron chi connectivity index (χ0n) is 12.3. The molecule has 1 aliphatic heterocycles. The average Bonchev–Trinajstić information content (AvgIpc) is 2.48. The molecule has 0 saturated carbocycles. The van der Waals surface area contributed by atoms with Gasteiger partial charge in [0.2, 0.25) is 0 Å². The molecule has 0 amide bonds. The van der Waals surface area contributed by atoms with Crippen LogP contribution >= 0.6 is 0 Å². The van der Waals surface area contributed by atoms with Crippen LogP contribution in [0, 0.1) is 5.92 Å². The molecule has 1 aliphatic rings. The monoisotopic (exact) mass is 240 g/mol. The summed E-state index contributed by atoms with van der Waals surface area (Å²) in [6, 6.07) is 1.47. The van der Waals surface area contributed by atoms with Gasteiger partial charge >= 0.3 is 0 Å². The van der Waals surface area contributed by atoms with Gasteiger partial charge in [0, 0.05) is 18.6 Å². The Balaban J connectivity index is 2.22. The van der Waals surface area contributed by atoms with E-state index in [1.54, 1.807) is 0 Å². The highest BCUT2D eigenvalue weighted by atomic mass is 15.2. The maximum absolute atomic E-state index is 3.61. The predicted molar refractivity (Wildman–Crippen MR) is 76.4 cm³/mol. The number of hydrogen-bond donors (Lipinski definition) is 1. The summed E-state index contributed by atoms with van der Waals surface area (Å²) in [7, 11) is 0. The minimum Gasteiger partial charge on any atom is -0.315 e. The number of likely N-dealkylation sites (tertiary alicyclic amines) is 1. The van der Waals surface area contributed by atoms with E-state index < -0.39 is 0 Å². The van der Waals surface area contributed by atoms with Crippen molar-refractivity contribution in [3.05, 3.63) is 0 Å². The number of nitrogens with one attached hydrogen (secondary N) is 1. The molecule has 0 aliphatic carbocycles. The molecule has 0 radical (unpaired) electrons. The van der Waals surface area contributed by atoms with Crippen LogP contribution in [0.25, 0.3) is 0 Å². The highest BCUT2D eigenvalue weighted by molar-refractivity contribution is 4.78. The Kier molecular flexibility index (Phi) is 7.14. The molecule has 0 aromatic carbocycles. The summed E-state index contributed by atoms with van der Waals surface area (Å²) in [6.45, 7) is 13.0. The third kappa shape index (κ3) is 5.87. The topological polar surface area (TPSA) is 15.3 Å². The van der Waals surface area contributed by atoms with Crippen molar-refractivity contribution in [3.63, 3.8) is 0 Å². The molecular formula is C15H32N2. The van der Waals surface area contributed by atoms with Crippen molar-refractivity contribution in [1.82, 2.24) is 10.2 Å². The highest BCUT2D eigenvalue weighted by Gasteiger charge is 2.21. The molecule has 0 aromatic rings. The molecule has 0 spiro atoms. The normalized spacial score (nSPS) is 24.9. The Morgan fingerprint density at radius 3 is 2.65 bits per heavy atom. The molecule has 2 atom stereocenters. The molecule has 1 fully saturated rings. The lowest BCUT2D eigenvalue weighted by Crippen LogP contribution is -2.45. The quantitative estimate of drug-likeness (QED) is 0.717. The Labute approximate surface area is 108 Å². The first-order valence-electron chi connectivity index (χ1n) is 7.57. The summed E-state index contributed by atoms with van der Waals surface area (Å²) >= 11 is 0. The average molecular weight is 240 g/mol. The summed E-state index contributed by atoms with van der Waals surface area (Å²) in [4.78, 5) is 2.70. The van der Waals surface area contributed by atoms with Gasteiger partial charge in [0.15, 0.2) is 0 Å². The Morgan fingerprint density at radius 1 is 1.18 bits per heavy atom. The fourth-order valence-corrected chi connectivity index (χ4v) is 2.77. The van der Waals surface area contributed by atoms with Crippen molar-refractivity contribution in [2.24, 2.45) is 5.92 Å². The van der Waals surface area contributed by atoms with E-state index in [0.717, 1.165) is 18.5 Å². The maximum atomic E-state index is 3.61. The second-order valence-corrected chi connectivity index (χ2v) is 6.17. The van der Waals surface area contributed by atoms with Crippen molar-refractivity contribution in [1.29, 1.82) is 0 Å². The lowest BCUT2D eigenvalue weighted by atomic mass is 10.1. The largest absolute Gasteiger partial charge is 0.315 e. The third-order valence-electron chi connectivity index (χ3n) is 4.01. The third-order valence-corrected chi connectivity index (χ3v) is 4.01.